The number of thioether (sulfide) groups is 1. The quantitative estimate of drug-likeness (QED) is 0.338. The number of benzene rings is 1. The number of hydrogen-bond donors (Lipinski definition) is 0. The van der Waals surface area contributed by atoms with E-state index in [4.69, 9.17) is 4.74 Å². The summed E-state index contributed by atoms with van der Waals surface area (Å²) < 4.78 is 9.15. The largest absolute Gasteiger partial charge is 0.486 e. The lowest BCUT2D eigenvalue weighted by molar-refractivity contribution is -0.385. The van der Waals surface area contributed by atoms with Crippen molar-refractivity contribution in [1.29, 1.82) is 0 Å². The van der Waals surface area contributed by atoms with Gasteiger partial charge in [-0.1, -0.05) is 44.7 Å². The molecule has 0 fully saturated rings. The van der Waals surface area contributed by atoms with Crippen LogP contribution in [0.3, 0.4) is 0 Å². The van der Waals surface area contributed by atoms with Crippen LogP contribution in [0, 0.1) is 10.1 Å². The topological polar surface area (TPSA) is 101 Å². The zero-order chi connectivity index (χ0) is 20.3. The Labute approximate surface area is 166 Å². The predicted octanol–water partition coefficient (Wildman–Crippen LogP) is 3.55. The van der Waals surface area contributed by atoms with Crippen molar-refractivity contribution in [3.05, 3.63) is 58.2 Å². The van der Waals surface area contributed by atoms with E-state index < -0.39 is 4.92 Å². The number of ether oxygens (including phenoxy) is 1. The predicted molar refractivity (Wildman–Crippen MR) is 105 cm³/mol. The van der Waals surface area contributed by atoms with Crippen LogP contribution in [0.1, 0.15) is 32.2 Å². The number of nitro groups is 1. The molecule has 3 rings (SSSR count). The summed E-state index contributed by atoms with van der Waals surface area (Å²) in [5, 5.41) is 23.7. The summed E-state index contributed by atoms with van der Waals surface area (Å²) in [6.45, 7) is 6.81. The summed E-state index contributed by atoms with van der Waals surface area (Å²) in [6.07, 6.45) is 2.61. The van der Waals surface area contributed by atoms with Gasteiger partial charge in [-0.25, -0.2) is 0 Å². The SMILES string of the molecule is Cn1c(COc2ccc(C(C)(C)C)cc2)nnc1SCn1cc([N+](=O)[O-])cn1. The Kier molecular flexibility index (Phi) is 5.68. The first-order valence-corrected chi connectivity index (χ1v) is 9.64. The molecule has 0 aliphatic carbocycles. The van der Waals surface area contributed by atoms with Crippen LogP contribution in [-0.4, -0.2) is 29.5 Å². The normalized spacial score (nSPS) is 11.6. The third-order valence-corrected chi connectivity index (χ3v) is 5.18. The zero-order valence-corrected chi connectivity index (χ0v) is 17.0. The van der Waals surface area contributed by atoms with Crippen molar-refractivity contribution < 1.29 is 9.66 Å². The van der Waals surface area contributed by atoms with Crippen molar-refractivity contribution >= 4 is 17.4 Å². The fourth-order valence-corrected chi connectivity index (χ4v) is 3.22. The first kappa shape index (κ1) is 19.9. The molecule has 10 heteroatoms. The van der Waals surface area contributed by atoms with Crippen molar-refractivity contribution in [2.24, 2.45) is 7.05 Å². The maximum Gasteiger partial charge on any atom is 0.307 e. The van der Waals surface area contributed by atoms with E-state index >= 15 is 0 Å². The summed E-state index contributed by atoms with van der Waals surface area (Å²) in [7, 11) is 1.86. The van der Waals surface area contributed by atoms with Gasteiger partial charge in [0.05, 0.1) is 10.8 Å². The Balaban J connectivity index is 1.57. The van der Waals surface area contributed by atoms with E-state index in [9.17, 15) is 10.1 Å². The molecule has 0 atom stereocenters. The summed E-state index contributed by atoms with van der Waals surface area (Å²) in [6, 6.07) is 8.04. The molecule has 148 valence electrons. The minimum atomic E-state index is -0.472. The third-order valence-electron chi connectivity index (χ3n) is 4.17. The highest BCUT2D eigenvalue weighted by Gasteiger charge is 2.14. The maximum atomic E-state index is 10.7. The van der Waals surface area contributed by atoms with Crippen LogP contribution in [-0.2, 0) is 24.9 Å². The molecule has 0 saturated carbocycles. The van der Waals surface area contributed by atoms with E-state index in [-0.39, 0.29) is 11.1 Å². The molecular weight excluding hydrogens is 380 g/mol. The fraction of sp³-hybridized carbons (Fsp3) is 0.389. The van der Waals surface area contributed by atoms with Crippen LogP contribution >= 0.6 is 11.8 Å². The van der Waals surface area contributed by atoms with Crippen molar-refractivity contribution in [2.75, 3.05) is 0 Å². The summed E-state index contributed by atoms with van der Waals surface area (Å²) in [5.74, 6) is 1.86. The lowest BCUT2D eigenvalue weighted by atomic mass is 9.87. The summed E-state index contributed by atoms with van der Waals surface area (Å²) in [4.78, 5) is 10.2. The highest BCUT2D eigenvalue weighted by Crippen LogP contribution is 2.25. The standard InChI is InChI=1S/C18H22N6O3S/c1-18(2,3)13-5-7-15(8-6-13)27-11-16-20-21-17(22(16)4)28-12-23-10-14(9-19-23)24(25)26/h5-10H,11-12H2,1-4H3. The average Bonchev–Trinajstić information content (AvgIpc) is 3.25. The van der Waals surface area contributed by atoms with Gasteiger partial charge in [0.1, 0.15) is 24.8 Å². The van der Waals surface area contributed by atoms with Crippen molar-refractivity contribution in [1.82, 2.24) is 24.5 Å². The van der Waals surface area contributed by atoms with Gasteiger partial charge >= 0.3 is 5.69 Å². The molecule has 0 unspecified atom stereocenters. The van der Waals surface area contributed by atoms with Crippen LogP contribution in [0.2, 0.25) is 0 Å². The third kappa shape index (κ3) is 4.69. The van der Waals surface area contributed by atoms with Crippen molar-refractivity contribution in [2.45, 2.75) is 43.8 Å². The zero-order valence-electron chi connectivity index (χ0n) is 16.2. The smallest absolute Gasteiger partial charge is 0.307 e. The molecule has 0 amide bonds. The molecule has 3 aromatic rings. The highest BCUT2D eigenvalue weighted by atomic mass is 32.2. The monoisotopic (exact) mass is 402 g/mol. The van der Waals surface area contributed by atoms with Gasteiger partial charge in [-0.2, -0.15) is 5.10 Å². The second-order valence-corrected chi connectivity index (χ2v) is 8.20. The average molecular weight is 402 g/mol. The highest BCUT2D eigenvalue weighted by molar-refractivity contribution is 7.98. The van der Waals surface area contributed by atoms with Crippen molar-refractivity contribution in [3.8, 4) is 5.75 Å². The van der Waals surface area contributed by atoms with Gasteiger partial charge in [-0.05, 0) is 23.1 Å². The van der Waals surface area contributed by atoms with Crippen LogP contribution in [0.4, 0.5) is 5.69 Å². The molecule has 0 aliphatic heterocycles. The van der Waals surface area contributed by atoms with Gasteiger partial charge in [-0.15, -0.1) is 10.2 Å². The van der Waals surface area contributed by atoms with Crippen LogP contribution in [0.15, 0.2) is 41.8 Å². The number of hydrogen-bond acceptors (Lipinski definition) is 7. The van der Waals surface area contributed by atoms with E-state index in [1.165, 1.54) is 34.4 Å². The Morgan fingerprint density at radius 2 is 1.93 bits per heavy atom. The van der Waals surface area contributed by atoms with Gasteiger partial charge in [0, 0.05) is 7.05 Å². The van der Waals surface area contributed by atoms with E-state index in [0.29, 0.717) is 23.5 Å². The maximum absolute atomic E-state index is 10.7. The van der Waals surface area contributed by atoms with Gasteiger partial charge < -0.3 is 9.30 Å². The minimum Gasteiger partial charge on any atom is -0.486 e. The molecule has 0 saturated heterocycles. The lowest BCUT2D eigenvalue weighted by Gasteiger charge is -2.19. The number of nitrogens with zero attached hydrogens (tertiary/aromatic N) is 6. The molecule has 0 N–H and O–H groups in total. The van der Waals surface area contributed by atoms with Gasteiger partial charge in [-0.3, -0.25) is 14.8 Å². The fourth-order valence-electron chi connectivity index (χ4n) is 2.44. The van der Waals surface area contributed by atoms with Crippen molar-refractivity contribution in [3.63, 3.8) is 0 Å². The molecule has 2 aromatic heterocycles. The Bertz CT molecular complexity index is 959. The molecule has 0 radical (unpaired) electrons. The first-order chi connectivity index (χ1) is 13.2. The van der Waals surface area contributed by atoms with Crippen LogP contribution in [0.25, 0.3) is 0 Å². The minimum absolute atomic E-state index is 0.0369. The van der Waals surface area contributed by atoms with E-state index in [1.54, 1.807) is 0 Å². The molecule has 0 aliphatic rings. The Hall–Kier alpha value is -2.88. The van der Waals surface area contributed by atoms with Crippen LogP contribution < -0.4 is 4.74 Å². The van der Waals surface area contributed by atoms with E-state index in [1.807, 2.05) is 23.7 Å². The number of rotatable bonds is 7. The molecule has 1 aromatic carbocycles. The Morgan fingerprint density at radius 1 is 1.21 bits per heavy atom. The molecule has 2 heterocycles. The lowest BCUT2D eigenvalue weighted by Crippen LogP contribution is -2.10. The molecule has 0 spiro atoms. The Morgan fingerprint density at radius 3 is 2.54 bits per heavy atom. The molecule has 9 nitrogen and oxygen atoms in total. The molecule has 28 heavy (non-hydrogen) atoms. The van der Waals surface area contributed by atoms with E-state index in [2.05, 4.69) is 48.2 Å². The van der Waals surface area contributed by atoms with Crippen LogP contribution in [0.5, 0.6) is 5.75 Å². The van der Waals surface area contributed by atoms with E-state index in [0.717, 1.165) is 5.75 Å². The molecule has 0 bridgehead atoms. The second-order valence-electron chi connectivity index (χ2n) is 7.29. The number of aromatic nitrogens is 5. The van der Waals surface area contributed by atoms with Gasteiger partial charge in [0.15, 0.2) is 11.0 Å². The van der Waals surface area contributed by atoms with Gasteiger partial charge in [0.25, 0.3) is 0 Å². The summed E-state index contributed by atoms with van der Waals surface area (Å²) >= 11 is 1.38. The first-order valence-electron chi connectivity index (χ1n) is 8.65. The summed E-state index contributed by atoms with van der Waals surface area (Å²) in [5.41, 5.74) is 1.31. The molecular formula is C18H22N6O3S. The second kappa shape index (κ2) is 8.01. The van der Waals surface area contributed by atoms with Gasteiger partial charge in [0.2, 0.25) is 0 Å².